The van der Waals surface area contributed by atoms with E-state index in [4.69, 9.17) is 11.6 Å². The number of nitrogens with zero attached hydrogens (tertiary/aromatic N) is 2. The van der Waals surface area contributed by atoms with E-state index in [1.165, 1.54) is 5.69 Å². The molecule has 1 aliphatic rings. The normalized spacial score (nSPS) is 19.1. The summed E-state index contributed by atoms with van der Waals surface area (Å²) in [4.78, 5) is 2.56. The van der Waals surface area contributed by atoms with Gasteiger partial charge in [0.1, 0.15) is 0 Å². The fourth-order valence-corrected chi connectivity index (χ4v) is 4.32. The van der Waals surface area contributed by atoms with Crippen LogP contribution in [0, 0.1) is 0 Å². The van der Waals surface area contributed by atoms with Crippen molar-refractivity contribution in [3.05, 3.63) is 53.3 Å². The van der Waals surface area contributed by atoms with Gasteiger partial charge in [-0.3, -0.25) is 4.90 Å². The maximum atomic E-state index is 12.4. The van der Waals surface area contributed by atoms with Crippen molar-refractivity contribution >= 4 is 21.4 Å². The van der Waals surface area contributed by atoms with E-state index in [0.29, 0.717) is 16.5 Å². The predicted octanol–water partition coefficient (Wildman–Crippen LogP) is 2.99. The maximum absolute atomic E-state index is 12.4. The van der Waals surface area contributed by atoms with E-state index in [-0.39, 0.29) is 11.8 Å². The van der Waals surface area contributed by atoms with Gasteiger partial charge in [0.2, 0.25) is 0 Å². The number of rotatable bonds is 4. The van der Waals surface area contributed by atoms with Crippen LogP contribution < -0.4 is 0 Å². The van der Waals surface area contributed by atoms with Crippen molar-refractivity contribution in [1.29, 1.82) is 0 Å². The summed E-state index contributed by atoms with van der Waals surface area (Å²) in [5.41, 5.74) is 1.25. The summed E-state index contributed by atoms with van der Waals surface area (Å²) in [7, 11) is -3.27. The van der Waals surface area contributed by atoms with Crippen LogP contribution in [0.25, 0.3) is 0 Å². The smallest absolute Gasteiger partial charge is 0.179 e. The van der Waals surface area contributed by atoms with E-state index in [1.807, 2.05) is 6.07 Å². The fraction of sp³-hybridized carbons (Fsp3) is 0.375. The van der Waals surface area contributed by atoms with Crippen LogP contribution >= 0.6 is 11.6 Å². The van der Waals surface area contributed by atoms with Gasteiger partial charge >= 0.3 is 0 Å². The Kier molecular flexibility index (Phi) is 4.30. The lowest BCUT2D eigenvalue weighted by atomic mass is 10.1. The lowest BCUT2D eigenvalue weighted by Gasteiger charge is -2.34. The third-order valence-electron chi connectivity index (χ3n) is 4.29. The van der Waals surface area contributed by atoms with Crippen molar-refractivity contribution in [2.75, 3.05) is 18.8 Å². The van der Waals surface area contributed by atoms with Gasteiger partial charge in [0.25, 0.3) is 0 Å². The summed E-state index contributed by atoms with van der Waals surface area (Å²) < 4.78 is 27.1. The molecule has 0 amide bonds. The van der Waals surface area contributed by atoms with Crippen molar-refractivity contribution in [2.45, 2.75) is 24.4 Å². The fourth-order valence-electron chi connectivity index (χ4n) is 2.93. The van der Waals surface area contributed by atoms with Gasteiger partial charge in [-0.05, 0) is 43.3 Å². The first-order valence-electron chi connectivity index (χ1n) is 7.35. The van der Waals surface area contributed by atoms with E-state index in [9.17, 15) is 8.42 Å². The van der Waals surface area contributed by atoms with Gasteiger partial charge in [0, 0.05) is 42.6 Å². The molecule has 0 radical (unpaired) electrons. The standard InChI is InChI=1S/C16H19ClN2O2S/c1-13-16-3-2-8-19(16)10-9-18(13)11-12-22(20,21)15-6-4-14(17)5-7-15/h2-8,13H,9-12H2,1H3. The van der Waals surface area contributed by atoms with Crippen molar-refractivity contribution in [1.82, 2.24) is 9.47 Å². The van der Waals surface area contributed by atoms with Crippen LogP contribution in [0.15, 0.2) is 47.5 Å². The molecule has 0 aliphatic carbocycles. The molecule has 22 heavy (non-hydrogen) atoms. The van der Waals surface area contributed by atoms with Crippen molar-refractivity contribution in [2.24, 2.45) is 0 Å². The Hall–Kier alpha value is -1.30. The molecule has 118 valence electrons. The highest BCUT2D eigenvalue weighted by Crippen LogP contribution is 2.25. The number of fused-ring (bicyclic) bond motifs is 1. The first-order valence-corrected chi connectivity index (χ1v) is 9.38. The molecule has 1 atom stereocenters. The monoisotopic (exact) mass is 338 g/mol. The molecule has 0 spiro atoms. The number of benzene rings is 1. The summed E-state index contributed by atoms with van der Waals surface area (Å²) in [6, 6.07) is 10.8. The minimum atomic E-state index is -3.27. The Morgan fingerprint density at radius 1 is 1.18 bits per heavy atom. The van der Waals surface area contributed by atoms with Crippen LogP contribution in [0.2, 0.25) is 5.02 Å². The number of halogens is 1. The highest BCUT2D eigenvalue weighted by atomic mass is 35.5. The van der Waals surface area contributed by atoms with Crippen LogP contribution in [-0.4, -0.2) is 36.7 Å². The van der Waals surface area contributed by atoms with Crippen molar-refractivity contribution in [3.8, 4) is 0 Å². The Bertz CT molecular complexity index is 753. The molecular weight excluding hydrogens is 320 g/mol. The van der Waals surface area contributed by atoms with Crippen molar-refractivity contribution < 1.29 is 8.42 Å². The molecule has 0 fully saturated rings. The van der Waals surface area contributed by atoms with Crippen LogP contribution in [0.3, 0.4) is 0 Å². The molecule has 1 aromatic heterocycles. The minimum Gasteiger partial charge on any atom is -0.349 e. The van der Waals surface area contributed by atoms with Gasteiger partial charge in [-0.25, -0.2) is 8.42 Å². The second-order valence-corrected chi connectivity index (χ2v) is 8.16. The maximum Gasteiger partial charge on any atom is 0.179 e. The highest BCUT2D eigenvalue weighted by Gasteiger charge is 2.25. The Balaban J connectivity index is 1.69. The third-order valence-corrected chi connectivity index (χ3v) is 6.25. The SMILES string of the molecule is CC1c2cccn2CCN1CCS(=O)(=O)c1ccc(Cl)cc1. The second-order valence-electron chi connectivity index (χ2n) is 5.61. The van der Waals surface area contributed by atoms with Crippen molar-refractivity contribution in [3.63, 3.8) is 0 Å². The van der Waals surface area contributed by atoms with Gasteiger partial charge in [-0.15, -0.1) is 0 Å². The van der Waals surface area contributed by atoms with Gasteiger partial charge in [-0.1, -0.05) is 11.6 Å². The van der Waals surface area contributed by atoms with E-state index >= 15 is 0 Å². The van der Waals surface area contributed by atoms with E-state index in [0.717, 1.165) is 13.1 Å². The molecule has 1 aliphatic heterocycles. The molecule has 4 nitrogen and oxygen atoms in total. The average Bonchev–Trinajstić information content (AvgIpc) is 2.96. The van der Waals surface area contributed by atoms with E-state index < -0.39 is 9.84 Å². The zero-order valence-electron chi connectivity index (χ0n) is 12.4. The Morgan fingerprint density at radius 3 is 2.64 bits per heavy atom. The molecule has 2 aromatic rings. The minimum absolute atomic E-state index is 0.125. The number of sulfone groups is 1. The number of hydrogen-bond donors (Lipinski definition) is 0. The molecule has 0 saturated heterocycles. The summed E-state index contributed by atoms with van der Waals surface area (Å²) in [6.07, 6.45) is 2.08. The lowest BCUT2D eigenvalue weighted by molar-refractivity contribution is 0.179. The van der Waals surface area contributed by atoms with Gasteiger partial charge in [0.05, 0.1) is 10.6 Å². The zero-order valence-corrected chi connectivity index (χ0v) is 14.0. The van der Waals surface area contributed by atoms with Crippen LogP contribution in [-0.2, 0) is 16.4 Å². The molecule has 0 saturated carbocycles. The molecule has 0 N–H and O–H groups in total. The zero-order chi connectivity index (χ0) is 15.7. The molecule has 2 heterocycles. The van der Waals surface area contributed by atoms with Crippen LogP contribution in [0.1, 0.15) is 18.7 Å². The predicted molar refractivity (Wildman–Crippen MR) is 87.9 cm³/mol. The molecule has 6 heteroatoms. The first-order chi connectivity index (χ1) is 10.5. The second kappa shape index (κ2) is 6.07. The largest absolute Gasteiger partial charge is 0.349 e. The van der Waals surface area contributed by atoms with E-state index in [2.05, 4.69) is 28.7 Å². The molecule has 0 bridgehead atoms. The summed E-state index contributed by atoms with van der Waals surface area (Å²) in [5.74, 6) is 0.125. The van der Waals surface area contributed by atoms with Crippen LogP contribution in [0.5, 0.6) is 0 Å². The van der Waals surface area contributed by atoms with Gasteiger partial charge in [0.15, 0.2) is 9.84 Å². The third kappa shape index (κ3) is 3.07. The van der Waals surface area contributed by atoms with E-state index in [1.54, 1.807) is 24.3 Å². The number of hydrogen-bond acceptors (Lipinski definition) is 3. The molecular formula is C16H19ClN2O2S. The quantitative estimate of drug-likeness (QED) is 0.860. The summed E-state index contributed by atoms with van der Waals surface area (Å²) in [6.45, 7) is 4.45. The van der Waals surface area contributed by atoms with Gasteiger partial charge in [-0.2, -0.15) is 0 Å². The molecule has 1 unspecified atom stereocenters. The topological polar surface area (TPSA) is 42.3 Å². The summed E-state index contributed by atoms with van der Waals surface area (Å²) >= 11 is 5.81. The Morgan fingerprint density at radius 2 is 1.91 bits per heavy atom. The summed E-state index contributed by atoms with van der Waals surface area (Å²) in [5, 5.41) is 0.546. The Labute approximate surface area is 136 Å². The number of aromatic nitrogens is 1. The molecule has 3 rings (SSSR count). The lowest BCUT2D eigenvalue weighted by Crippen LogP contribution is -2.39. The van der Waals surface area contributed by atoms with Crippen LogP contribution in [0.4, 0.5) is 0 Å². The first kappa shape index (κ1) is 15.6. The highest BCUT2D eigenvalue weighted by molar-refractivity contribution is 7.91. The van der Waals surface area contributed by atoms with Gasteiger partial charge < -0.3 is 4.57 Å². The molecule has 1 aromatic carbocycles. The average molecular weight is 339 g/mol.